The van der Waals surface area contributed by atoms with E-state index in [-0.39, 0.29) is 12.1 Å². The molecule has 0 amide bonds. The quantitative estimate of drug-likeness (QED) is 0.636. The zero-order chi connectivity index (χ0) is 21.4. The van der Waals surface area contributed by atoms with Gasteiger partial charge in [0.1, 0.15) is 11.5 Å². The van der Waals surface area contributed by atoms with Crippen LogP contribution in [0.3, 0.4) is 0 Å². The van der Waals surface area contributed by atoms with Crippen LogP contribution in [0.25, 0.3) is 11.0 Å². The van der Waals surface area contributed by atoms with Crippen molar-refractivity contribution < 1.29 is 19.0 Å². The number of nitrogens with one attached hydrogen (secondary N) is 1. The molecule has 0 saturated carbocycles. The normalized spacial score (nSPS) is 15.7. The molecule has 1 aliphatic rings. The summed E-state index contributed by atoms with van der Waals surface area (Å²) in [6.45, 7) is 5.53. The maximum atomic E-state index is 13.2. The lowest BCUT2D eigenvalue weighted by molar-refractivity contribution is -0.143. The molecular formula is C23H25N3O4. The molecule has 0 radical (unpaired) electrons. The number of para-hydroxylation sites is 2. The minimum Gasteiger partial charge on any atom is -0.497 e. The number of methoxy groups -OCH3 is 2. The molecule has 1 N–H and O–H groups in total. The summed E-state index contributed by atoms with van der Waals surface area (Å²) >= 11 is 0. The summed E-state index contributed by atoms with van der Waals surface area (Å²) in [5.41, 5.74) is 3.72. The van der Waals surface area contributed by atoms with Crippen LogP contribution in [0.5, 0.6) is 11.5 Å². The Morgan fingerprint density at radius 3 is 2.60 bits per heavy atom. The van der Waals surface area contributed by atoms with Gasteiger partial charge < -0.3 is 19.5 Å². The number of aromatic nitrogens is 2. The minimum absolute atomic E-state index is 0.244. The van der Waals surface area contributed by atoms with E-state index in [9.17, 15) is 4.79 Å². The van der Waals surface area contributed by atoms with Crippen LogP contribution >= 0.6 is 0 Å². The Labute approximate surface area is 175 Å². The van der Waals surface area contributed by atoms with Crippen LogP contribution in [0.15, 0.2) is 53.7 Å². The monoisotopic (exact) mass is 407 g/mol. The highest BCUT2D eigenvalue weighted by Gasteiger charge is 2.37. The van der Waals surface area contributed by atoms with Gasteiger partial charge in [-0.05, 0) is 51.1 Å². The number of allylic oxidation sites excluding steroid dienone is 1. The number of anilines is 1. The van der Waals surface area contributed by atoms with Crippen molar-refractivity contribution >= 4 is 23.0 Å². The van der Waals surface area contributed by atoms with E-state index < -0.39 is 6.04 Å². The molecule has 0 saturated heterocycles. The van der Waals surface area contributed by atoms with Gasteiger partial charge >= 0.3 is 5.97 Å². The Hall–Kier alpha value is -3.48. The van der Waals surface area contributed by atoms with Crippen molar-refractivity contribution in [3.63, 3.8) is 0 Å². The molecule has 156 valence electrons. The topological polar surface area (TPSA) is 74.6 Å². The SMILES string of the molecule is COc1ccc(OC)c([C@H]2C(C(=O)OC(C)C)=C(C)Nc3nc4ccccc4n32)c1. The lowest BCUT2D eigenvalue weighted by atomic mass is 9.94. The fourth-order valence-electron chi connectivity index (χ4n) is 3.85. The maximum Gasteiger partial charge on any atom is 0.338 e. The predicted molar refractivity (Wildman–Crippen MR) is 115 cm³/mol. The second-order valence-corrected chi connectivity index (χ2v) is 7.42. The fraction of sp³-hybridized carbons (Fsp3) is 0.304. The van der Waals surface area contributed by atoms with Crippen molar-refractivity contribution in [2.45, 2.75) is 32.9 Å². The molecule has 1 aromatic heterocycles. The van der Waals surface area contributed by atoms with Crippen LogP contribution in [0.1, 0.15) is 32.4 Å². The fourth-order valence-corrected chi connectivity index (χ4v) is 3.85. The van der Waals surface area contributed by atoms with Gasteiger partial charge in [-0.1, -0.05) is 12.1 Å². The molecule has 2 aromatic carbocycles. The number of rotatable bonds is 5. The van der Waals surface area contributed by atoms with Gasteiger partial charge in [0.2, 0.25) is 5.95 Å². The number of carbonyl (C=O) groups excluding carboxylic acids is 1. The lowest BCUT2D eigenvalue weighted by Gasteiger charge is -2.31. The van der Waals surface area contributed by atoms with E-state index in [4.69, 9.17) is 19.2 Å². The molecular weight excluding hydrogens is 382 g/mol. The van der Waals surface area contributed by atoms with Crippen molar-refractivity contribution in [2.75, 3.05) is 19.5 Å². The number of esters is 1. The largest absolute Gasteiger partial charge is 0.497 e. The van der Waals surface area contributed by atoms with Crippen LogP contribution < -0.4 is 14.8 Å². The first-order valence-electron chi connectivity index (χ1n) is 9.82. The minimum atomic E-state index is -0.495. The molecule has 0 aliphatic carbocycles. The van der Waals surface area contributed by atoms with Crippen LogP contribution in [-0.2, 0) is 9.53 Å². The molecule has 3 aromatic rings. The molecule has 1 aliphatic heterocycles. The van der Waals surface area contributed by atoms with Gasteiger partial charge in [-0.15, -0.1) is 0 Å². The second-order valence-electron chi connectivity index (χ2n) is 7.42. The molecule has 0 unspecified atom stereocenters. The van der Waals surface area contributed by atoms with E-state index in [2.05, 4.69) is 5.32 Å². The Kier molecular flexibility index (Phi) is 5.11. The molecule has 1 atom stereocenters. The summed E-state index contributed by atoms with van der Waals surface area (Å²) in [4.78, 5) is 17.9. The van der Waals surface area contributed by atoms with Crippen LogP contribution in [0, 0.1) is 0 Å². The van der Waals surface area contributed by atoms with Crippen LogP contribution in [0.4, 0.5) is 5.95 Å². The van der Waals surface area contributed by atoms with E-state index in [0.717, 1.165) is 16.6 Å². The molecule has 7 heteroatoms. The molecule has 0 fully saturated rings. The number of fused-ring (bicyclic) bond motifs is 3. The number of imidazole rings is 1. The summed E-state index contributed by atoms with van der Waals surface area (Å²) in [5.74, 6) is 1.59. The van der Waals surface area contributed by atoms with Crippen LogP contribution in [0.2, 0.25) is 0 Å². The highest BCUT2D eigenvalue weighted by molar-refractivity contribution is 5.94. The van der Waals surface area contributed by atoms with E-state index >= 15 is 0 Å². The van der Waals surface area contributed by atoms with Gasteiger partial charge in [0.25, 0.3) is 0 Å². The first-order chi connectivity index (χ1) is 14.4. The lowest BCUT2D eigenvalue weighted by Crippen LogP contribution is -2.30. The summed E-state index contributed by atoms with van der Waals surface area (Å²) in [5, 5.41) is 3.28. The summed E-state index contributed by atoms with van der Waals surface area (Å²) < 4.78 is 18.7. The predicted octanol–water partition coefficient (Wildman–Crippen LogP) is 4.29. The standard InChI is InChI=1S/C23H25N3O4/c1-13(2)30-22(27)20-14(3)24-23-25-17-8-6-7-9-18(17)26(23)21(20)16-12-15(28-4)10-11-19(16)29-5/h6-13,21H,1-5H3,(H,24,25)/t21-/m0/s1. The highest BCUT2D eigenvalue weighted by Crippen LogP contribution is 2.43. The molecule has 4 rings (SSSR count). The van der Waals surface area contributed by atoms with Gasteiger partial charge in [0, 0.05) is 11.3 Å². The molecule has 0 bridgehead atoms. The summed E-state index contributed by atoms with van der Waals surface area (Å²) in [6, 6.07) is 12.9. The first kappa shape index (κ1) is 19.8. The van der Waals surface area contributed by atoms with Gasteiger partial charge in [0.05, 0.1) is 43.0 Å². The molecule has 30 heavy (non-hydrogen) atoms. The maximum absolute atomic E-state index is 13.2. The van der Waals surface area contributed by atoms with Crippen LogP contribution in [-0.4, -0.2) is 35.8 Å². The third kappa shape index (κ3) is 3.26. The average molecular weight is 407 g/mol. The van der Waals surface area contributed by atoms with E-state index in [1.165, 1.54) is 0 Å². The van der Waals surface area contributed by atoms with Gasteiger partial charge in [-0.3, -0.25) is 4.57 Å². The van der Waals surface area contributed by atoms with E-state index in [1.807, 2.05) is 67.8 Å². The third-order valence-corrected chi connectivity index (χ3v) is 5.12. The molecule has 7 nitrogen and oxygen atoms in total. The van der Waals surface area contributed by atoms with Gasteiger partial charge in [-0.2, -0.15) is 0 Å². The van der Waals surface area contributed by atoms with Crippen molar-refractivity contribution in [1.82, 2.24) is 9.55 Å². The number of nitrogens with zero attached hydrogens (tertiary/aromatic N) is 2. The Morgan fingerprint density at radius 2 is 1.90 bits per heavy atom. The van der Waals surface area contributed by atoms with Crippen molar-refractivity contribution in [1.29, 1.82) is 0 Å². The summed E-state index contributed by atoms with van der Waals surface area (Å²) in [7, 11) is 3.23. The number of hydrogen-bond acceptors (Lipinski definition) is 6. The number of ether oxygens (including phenoxy) is 3. The molecule has 0 spiro atoms. The van der Waals surface area contributed by atoms with E-state index in [1.54, 1.807) is 14.2 Å². The second kappa shape index (κ2) is 7.74. The molecule has 2 heterocycles. The van der Waals surface area contributed by atoms with Crippen molar-refractivity contribution in [2.24, 2.45) is 0 Å². The van der Waals surface area contributed by atoms with Crippen molar-refractivity contribution in [3.8, 4) is 11.5 Å². The summed E-state index contributed by atoms with van der Waals surface area (Å²) in [6.07, 6.45) is -0.244. The zero-order valence-electron chi connectivity index (χ0n) is 17.7. The zero-order valence-corrected chi connectivity index (χ0v) is 17.7. The number of hydrogen-bond donors (Lipinski definition) is 1. The van der Waals surface area contributed by atoms with Crippen molar-refractivity contribution in [3.05, 3.63) is 59.3 Å². The average Bonchev–Trinajstić information content (AvgIpc) is 3.09. The van der Waals surface area contributed by atoms with Gasteiger partial charge in [-0.25, -0.2) is 9.78 Å². The Morgan fingerprint density at radius 1 is 1.13 bits per heavy atom. The highest BCUT2D eigenvalue weighted by atomic mass is 16.5. The number of carbonyl (C=O) groups is 1. The first-order valence-corrected chi connectivity index (χ1v) is 9.82. The third-order valence-electron chi connectivity index (χ3n) is 5.12. The Bertz CT molecular complexity index is 1150. The van der Waals surface area contributed by atoms with Gasteiger partial charge in [0.15, 0.2) is 0 Å². The van der Waals surface area contributed by atoms with E-state index in [0.29, 0.717) is 28.7 Å². The smallest absolute Gasteiger partial charge is 0.338 e. The Balaban J connectivity index is 2.01. The number of benzene rings is 2.